The standard InChI is InChI=1S/C16H16FN3O4/c1-10-4-5-11(17)7-12(10)20-15(22)9-18-14(21)8-19-16(23)13-3-2-6-24-13/h2-7H,8-9H2,1H3,(H,18,21)(H,19,23)(H,20,22). The maximum absolute atomic E-state index is 13.1. The molecule has 0 aliphatic heterocycles. The van der Waals surface area contributed by atoms with Crippen molar-refractivity contribution in [1.29, 1.82) is 0 Å². The van der Waals surface area contributed by atoms with Crippen molar-refractivity contribution in [3.05, 3.63) is 53.7 Å². The van der Waals surface area contributed by atoms with Crippen molar-refractivity contribution in [3.63, 3.8) is 0 Å². The molecule has 126 valence electrons. The lowest BCUT2D eigenvalue weighted by Crippen LogP contribution is -2.40. The number of amides is 3. The predicted molar refractivity (Wildman–Crippen MR) is 83.8 cm³/mol. The number of benzene rings is 1. The van der Waals surface area contributed by atoms with E-state index in [1.54, 1.807) is 13.0 Å². The Labute approximate surface area is 137 Å². The monoisotopic (exact) mass is 333 g/mol. The lowest BCUT2D eigenvalue weighted by molar-refractivity contribution is -0.123. The highest BCUT2D eigenvalue weighted by atomic mass is 19.1. The molecule has 0 spiro atoms. The second kappa shape index (κ2) is 7.91. The van der Waals surface area contributed by atoms with E-state index in [0.29, 0.717) is 11.3 Å². The summed E-state index contributed by atoms with van der Waals surface area (Å²) in [7, 11) is 0. The summed E-state index contributed by atoms with van der Waals surface area (Å²) >= 11 is 0. The summed E-state index contributed by atoms with van der Waals surface area (Å²) < 4.78 is 18.0. The van der Waals surface area contributed by atoms with Gasteiger partial charge in [-0.15, -0.1) is 0 Å². The number of furan rings is 1. The predicted octanol–water partition coefficient (Wildman–Crippen LogP) is 1.21. The van der Waals surface area contributed by atoms with Crippen LogP contribution in [0.1, 0.15) is 16.1 Å². The van der Waals surface area contributed by atoms with Crippen molar-refractivity contribution in [2.45, 2.75) is 6.92 Å². The average molecular weight is 333 g/mol. The van der Waals surface area contributed by atoms with Gasteiger partial charge in [-0.1, -0.05) is 6.07 Å². The quantitative estimate of drug-likeness (QED) is 0.740. The summed E-state index contributed by atoms with van der Waals surface area (Å²) in [6.07, 6.45) is 1.34. The molecule has 3 N–H and O–H groups in total. The van der Waals surface area contributed by atoms with Gasteiger partial charge >= 0.3 is 0 Å². The third kappa shape index (κ3) is 4.94. The van der Waals surface area contributed by atoms with Crippen LogP contribution >= 0.6 is 0 Å². The highest BCUT2D eigenvalue weighted by Crippen LogP contribution is 2.15. The maximum Gasteiger partial charge on any atom is 0.287 e. The second-order valence-electron chi connectivity index (χ2n) is 4.94. The van der Waals surface area contributed by atoms with E-state index in [0.717, 1.165) is 0 Å². The van der Waals surface area contributed by atoms with Crippen LogP contribution in [-0.4, -0.2) is 30.8 Å². The first-order valence-corrected chi connectivity index (χ1v) is 7.10. The first-order chi connectivity index (χ1) is 11.5. The molecule has 1 aromatic carbocycles. The molecule has 8 heteroatoms. The number of carbonyl (C=O) groups excluding carboxylic acids is 3. The van der Waals surface area contributed by atoms with Gasteiger partial charge in [-0.2, -0.15) is 0 Å². The summed E-state index contributed by atoms with van der Waals surface area (Å²) in [6, 6.07) is 7.02. The minimum atomic E-state index is -0.541. The fraction of sp³-hybridized carbons (Fsp3) is 0.188. The molecule has 2 rings (SSSR count). The molecule has 0 aliphatic rings. The number of hydrogen-bond donors (Lipinski definition) is 3. The molecule has 0 saturated heterocycles. The van der Waals surface area contributed by atoms with E-state index in [1.807, 2.05) is 0 Å². The lowest BCUT2D eigenvalue weighted by Gasteiger charge is -2.09. The van der Waals surface area contributed by atoms with Crippen molar-refractivity contribution in [3.8, 4) is 0 Å². The van der Waals surface area contributed by atoms with E-state index in [2.05, 4.69) is 16.0 Å². The van der Waals surface area contributed by atoms with Crippen LogP contribution in [0.2, 0.25) is 0 Å². The van der Waals surface area contributed by atoms with Gasteiger partial charge in [-0.25, -0.2) is 4.39 Å². The Balaban J connectivity index is 1.74. The molecule has 1 heterocycles. The molecule has 0 bridgehead atoms. The van der Waals surface area contributed by atoms with E-state index in [-0.39, 0.29) is 18.8 Å². The summed E-state index contributed by atoms with van der Waals surface area (Å²) in [5.41, 5.74) is 1.03. The zero-order valence-electron chi connectivity index (χ0n) is 12.9. The first-order valence-electron chi connectivity index (χ1n) is 7.10. The molecule has 0 fully saturated rings. The molecular weight excluding hydrogens is 317 g/mol. The molecule has 0 aliphatic carbocycles. The van der Waals surface area contributed by atoms with Gasteiger partial charge in [0.15, 0.2) is 5.76 Å². The van der Waals surface area contributed by atoms with E-state index < -0.39 is 23.5 Å². The van der Waals surface area contributed by atoms with Gasteiger partial charge < -0.3 is 20.4 Å². The van der Waals surface area contributed by atoms with Crippen LogP contribution in [0.25, 0.3) is 0 Å². The van der Waals surface area contributed by atoms with Crippen LogP contribution < -0.4 is 16.0 Å². The third-order valence-corrected chi connectivity index (χ3v) is 3.07. The van der Waals surface area contributed by atoms with Gasteiger partial charge in [-0.05, 0) is 36.8 Å². The van der Waals surface area contributed by atoms with Crippen LogP contribution in [0.5, 0.6) is 0 Å². The molecule has 0 saturated carbocycles. The molecule has 24 heavy (non-hydrogen) atoms. The van der Waals surface area contributed by atoms with Gasteiger partial charge in [-0.3, -0.25) is 14.4 Å². The Morgan fingerprint density at radius 2 is 1.83 bits per heavy atom. The summed E-state index contributed by atoms with van der Waals surface area (Å²) in [6.45, 7) is 1.12. The van der Waals surface area contributed by atoms with Gasteiger partial charge in [0.05, 0.1) is 19.4 Å². The fourth-order valence-corrected chi connectivity index (χ4v) is 1.82. The number of nitrogens with one attached hydrogen (secondary N) is 3. The second-order valence-corrected chi connectivity index (χ2v) is 4.94. The molecular formula is C16H16FN3O4. The summed E-state index contributed by atoms with van der Waals surface area (Å²) in [5, 5.41) is 7.19. The molecule has 0 atom stereocenters. The lowest BCUT2D eigenvalue weighted by atomic mass is 10.2. The van der Waals surface area contributed by atoms with Crippen LogP contribution in [-0.2, 0) is 9.59 Å². The van der Waals surface area contributed by atoms with Gasteiger partial charge in [0, 0.05) is 5.69 Å². The zero-order valence-corrected chi connectivity index (χ0v) is 12.9. The topological polar surface area (TPSA) is 100 Å². The molecule has 2 aromatic rings. The molecule has 0 unspecified atom stereocenters. The largest absolute Gasteiger partial charge is 0.459 e. The SMILES string of the molecule is Cc1ccc(F)cc1NC(=O)CNC(=O)CNC(=O)c1ccco1. The molecule has 0 radical (unpaired) electrons. The van der Waals surface area contributed by atoms with Crippen molar-refractivity contribution >= 4 is 23.4 Å². The zero-order chi connectivity index (χ0) is 17.5. The Morgan fingerprint density at radius 3 is 2.54 bits per heavy atom. The molecule has 1 aromatic heterocycles. The molecule has 3 amide bonds. The highest BCUT2D eigenvalue weighted by Gasteiger charge is 2.11. The van der Waals surface area contributed by atoms with Crippen molar-refractivity contribution in [2.24, 2.45) is 0 Å². The Bertz CT molecular complexity index is 744. The number of aryl methyl sites for hydroxylation is 1. The number of halogens is 1. The number of carbonyl (C=O) groups is 3. The van der Waals surface area contributed by atoms with E-state index in [9.17, 15) is 18.8 Å². The molecule has 7 nitrogen and oxygen atoms in total. The van der Waals surface area contributed by atoms with Crippen LogP contribution in [0.4, 0.5) is 10.1 Å². The van der Waals surface area contributed by atoms with E-state index >= 15 is 0 Å². The van der Waals surface area contributed by atoms with Gasteiger partial charge in [0.2, 0.25) is 11.8 Å². The fourth-order valence-electron chi connectivity index (χ4n) is 1.82. The smallest absolute Gasteiger partial charge is 0.287 e. The van der Waals surface area contributed by atoms with Crippen molar-refractivity contribution < 1.29 is 23.2 Å². The number of rotatable bonds is 6. The Kier molecular flexibility index (Phi) is 5.67. The Hall–Kier alpha value is -3.16. The third-order valence-electron chi connectivity index (χ3n) is 3.07. The minimum Gasteiger partial charge on any atom is -0.459 e. The van der Waals surface area contributed by atoms with Gasteiger partial charge in [0.1, 0.15) is 5.82 Å². The Morgan fingerprint density at radius 1 is 1.08 bits per heavy atom. The van der Waals surface area contributed by atoms with E-state index in [1.165, 1.54) is 30.5 Å². The number of hydrogen-bond acceptors (Lipinski definition) is 4. The average Bonchev–Trinajstić information content (AvgIpc) is 3.08. The summed E-state index contributed by atoms with van der Waals surface area (Å²) in [5.74, 6) is -1.96. The van der Waals surface area contributed by atoms with Gasteiger partial charge in [0.25, 0.3) is 5.91 Å². The normalized spacial score (nSPS) is 10.1. The minimum absolute atomic E-state index is 0.0853. The number of anilines is 1. The van der Waals surface area contributed by atoms with Crippen LogP contribution in [0.3, 0.4) is 0 Å². The van der Waals surface area contributed by atoms with Crippen molar-refractivity contribution in [2.75, 3.05) is 18.4 Å². The highest BCUT2D eigenvalue weighted by molar-refractivity contribution is 5.97. The van der Waals surface area contributed by atoms with Crippen LogP contribution in [0, 0.1) is 12.7 Å². The van der Waals surface area contributed by atoms with Crippen molar-refractivity contribution in [1.82, 2.24) is 10.6 Å². The van der Waals surface area contributed by atoms with E-state index in [4.69, 9.17) is 4.42 Å². The maximum atomic E-state index is 13.1. The van der Waals surface area contributed by atoms with Crippen LogP contribution in [0.15, 0.2) is 41.0 Å². The first kappa shape index (κ1) is 17.2. The summed E-state index contributed by atoms with van der Waals surface area (Å²) in [4.78, 5) is 34.9.